The Labute approximate surface area is 171 Å². The monoisotopic (exact) mass is 398 g/mol. The molecule has 2 saturated heterocycles. The van der Waals surface area contributed by atoms with E-state index < -0.39 is 5.63 Å². The Morgan fingerprint density at radius 2 is 2.07 bits per heavy atom. The molecule has 1 N–H and O–H groups in total. The van der Waals surface area contributed by atoms with Crippen molar-refractivity contribution >= 4 is 16.9 Å². The molecule has 0 unspecified atom stereocenters. The van der Waals surface area contributed by atoms with E-state index in [1.165, 1.54) is 45.2 Å². The van der Waals surface area contributed by atoms with Gasteiger partial charge in [0.2, 0.25) is 5.91 Å². The number of methoxy groups -OCH3 is 1. The molecular formula is C23H30N2O4. The van der Waals surface area contributed by atoms with Gasteiger partial charge in [-0.1, -0.05) is 6.42 Å². The highest BCUT2D eigenvalue weighted by Gasteiger charge is 2.33. The van der Waals surface area contributed by atoms with Gasteiger partial charge in [0.15, 0.2) is 0 Å². The fourth-order valence-electron chi connectivity index (χ4n) is 4.99. The van der Waals surface area contributed by atoms with E-state index in [0.29, 0.717) is 35.4 Å². The zero-order valence-corrected chi connectivity index (χ0v) is 17.3. The molecule has 2 fully saturated rings. The van der Waals surface area contributed by atoms with Crippen molar-refractivity contribution in [2.75, 3.05) is 26.7 Å². The van der Waals surface area contributed by atoms with Crippen molar-refractivity contribution < 1.29 is 13.9 Å². The number of nitrogens with zero attached hydrogens (tertiary/aromatic N) is 1. The predicted octanol–water partition coefficient (Wildman–Crippen LogP) is 3.03. The van der Waals surface area contributed by atoms with Crippen LogP contribution in [-0.2, 0) is 11.2 Å². The summed E-state index contributed by atoms with van der Waals surface area (Å²) in [6.07, 6.45) is 6.23. The molecule has 3 heterocycles. The first-order valence-corrected chi connectivity index (χ1v) is 10.7. The van der Waals surface area contributed by atoms with Gasteiger partial charge in [-0.05, 0) is 69.3 Å². The standard InChI is InChI=1S/C23H30N2O4/c1-15-18-9-8-17(28-2)12-21(18)29-23(27)19(15)13-22(26)24-14-16-6-5-11-25-10-4-3-7-20(16)25/h8-9,12,16,20H,3-7,10-11,13-14H2,1-2H3,(H,24,26)/t16-,20-/m0/s1. The van der Waals surface area contributed by atoms with Crippen molar-refractivity contribution in [3.63, 3.8) is 0 Å². The summed E-state index contributed by atoms with van der Waals surface area (Å²) in [6.45, 7) is 4.94. The first kappa shape index (κ1) is 20.0. The van der Waals surface area contributed by atoms with Crippen molar-refractivity contribution in [1.82, 2.24) is 10.2 Å². The van der Waals surface area contributed by atoms with Gasteiger partial charge in [-0.3, -0.25) is 4.79 Å². The van der Waals surface area contributed by atoms with Gasteiger partial charge in [0.25, 0.3) is 0 Å². The summed E-state index contributed by atoms with van der Waals surface area (Å²) in [6, 6.07) is 6.00. The maximum Gasteiger partial charge on any atom is 0.340 e. The van der Waals surface area contributed by atoms with Crippen molar-refractivity contribution in [3.8, 4) is 5.75 Å². The molecule has 0 saturated carbocycles. The number of hydrogen-bond donors (Lipinski definition) is 1. The van der Waals surface area contributed by atoms with Crippen LogP contribution in [-0.4, -0.2) is 43.6 Å². The highest BCUT2D eigenvalue weighted by atomic mass is 16.5. The number of fused-ring (bicyclic) bond motifs is 2. The molecule has 0 aliphatic carbocycles. The molecule has 2 atom stereocenters. The summed E-state index contributed by atoms with van der Waals surface area (Å²) in [5.74, 6) is 1.03. The van der Waals surface area contributed by atoms with Crippen LogP contribution in [0.15, 0.2) is 27.4 Å². The number of rotatable bonds is 5. The van der Waals surface area contributed by atoms with Crippen LogP contribution in [0.3, 0.4) is 0 Å². The Hall–Kier alpha value is -2.34. The smallest absolute Gasteiger partial charge is 0.340 e. The molecule has 4 rings (SSSR count). The third-order valence-corrected chi connectivity index (χ3v) is 6.62. The molecule has 1 aromatic heterocycles. The number of carbonyl (C=O) groups excluding carboxylic acids is 1. The van der Waals surface area contributed by atoms with Crippen LogP contribution in [0.1, 0.15) is 43.2 Å². The fraction of sp³-hybridized carbons (Fsp3) is 0.565. The van der Waals surface area contributed by atoms with Gasteiger partial charge in [-0.15, -0.1) is 0 Å². The molecule has 6 nitrogen and oxygen atoms in total. The summed E-state index contributed by atoms with van der Waals surface area (Å²) in [4.78, 5) is 27.7. The van der Waals surface area contributed by atoms with E-state index in [1.54, 1.807) is 13.2 Å². The number of piperidine rings is 2. The minimum absolute atomic E-state index is 0.0528. The summed E-state index contributed by atoms with van der Waals surface area (Å²) >= 11 is 0. The van der Waals surface area contributed by atoms with Gasteiger partial charge >= 0.3 is 5.63 Å². The van der Waals surface area contributed by atoms with E-state index in [1.807, 2.05) is 19.1 Å². The van der Waals surface area contributed by atoms with Gasteiger partial charge in [-0.25, -0.2) is 4.79 Å². The third-order valence-electron chi connectivity index (χ3n) is 6.62. The van der Waals surface area contributed by atoms with Gasteiger partial charge in [0.1, 0.15) is 11.3 Å². The first-order chi connectivity index (χ1) is 14.1. The molecule has 156 valence electrons. The largest absolute Gasteiger partial charge is 0.497 e. The van der Waals surface area contributed by atoms with Crippen LogP contribution in [0.2, 0.25) is 0 Å². The quantitative estimate of drug-likeness (QED) is 0.784. The van der Waals surface area contributed by atoms with E-state index in [9.17, 15) is 9.59 Å². The number of aryl methyl sites for hydroxylation is 1. The molecule has 1 aromatic carbocycles. The topological polar surface area (TPSA) is 71.8 Å². The Kier molecular flexibility index (Phi) is 5.90. The minimum Gasteiger partial charge on any atom is -0.497 e. The lowest BCUT2D eigenvalue weighted by Gasteiger charge is -2.44. The Morgan fingerprint density at radius 3 is 2.90 bits per heavy atom. The van der Waals surface area contributed by atoms with Gasteiger partial charge in [0.05, 0.1) is 19.1 Å². The normalized spacial score (nSPS) is 22.3. The Morgan fingerprint density at radius 1 is 1.24 bits per heavy atom. The maximum atomic E-state index is 12.6. The molecule has 6 heteroatoms. The average Bonchev–Trinajstić information content (AvgIpc) is 2.74. The molecule has 2 aliphatic heterocycles. The molecule has 1 amide bonds. The van der Waals surface area contributed by atoms with Crippen LogP contribution >= 0.6 is 0 Å². The molecular weight excluding hydrogens is 368 g/mol. The molecule has 2 aliphatic rings. The zero-order valence-electron chi connectivity index (χ0n) is 17.3. The number of benzene rings is 1. The lowest BCUT2D eigenvalue weighted by molar-refractivity contribution is -0.120. The average molecular weight is 399 g/mol. The van der Waals surface area contributed by atoms with Crippen molar-refractivity contribution in [3.05, 3.63) is 39.7 Å². The molecule has 0 spiro atoms. The highest BCUT2D eigenvalue weighted by molar-refractivity contribution is 5.85. The van der Waals surface area contributed by atoms with Gasteiger partial charge in [0, 0.05) is 24.0 Å². The number of nitrogens with one attached hydrogen (secondary N) is 1. The van der Waals surface area contributed by atoms with Gasteiger partial charge < -0.3 is 19.4 Å². The van der Waals surface area contributed by atoms with Crippen molar-refractivity contribution in [1.29, 1.82) is 0 Å². The van der Waals surface area contributed by atoms with Gasteiger partial charge in [-0.2, -0.15) is 0 Å². The SMILES string of the molecule is COc1ccc2c(C)c(CC(=O)NC[C@@H]3CCCN4CCCC[C@@H]34)c(=O)oc2c1. The summed E-state index contributed by atoms with van der Waals surface area (Å²) in [5, 5.41) is 3.92. The summed E-state index contributed by atoms with van der Waals surface area (Å²) in [5.41, 5.74) is 1.26. The molecule has 0 bridgehead atoms. The number of carbonyl (C=O) groups is 1. The number of amides is 1. The molecule has 0 radical (unpaired) electrons. The minimum atomic E-state index is -0.450. The Bertz CT molecular complexity index is 950. The Balaban J connectivity index is 1.44. The summed E-state index contributed by atoms with van der Waals surface area (Å²) in [7, 11) is 1.57. The zero-order chi connectivity index (χ0) is 20.4. The van der Waals surface area contributed by atoms with Crippen LogP contribution in [0.25, 0.3) is 11.0 Å². The summed E-state index contributed by atoms with van der Waals surface area (Å²) < 4.78 is 10.7. The fourth-order valence-corrected chi connectivity index (χ4v) is 4.99. The third kappa shape index (κ3) is 4.17. The predicted molar refractivity (Wildman–Crippen MR) is 112 cm³/mol. The van der Waals surface area contributed by atoms with E-state index in [0.717, 1.165) is 10.9 Å². The van der Waals surface area contributed by atoms with E-state index >= 15 is 0 Å². The second-order valence-corrected chi connectivity index (χ2v) is 8.34. The van der Waals surface area contributed by atoms with E-state index in [-0.39, 0.29) is 12.3 Å². The van der Waals surface area contributed by atoms with Crippen LogP contribution in [0.5, 0.6) is 5.75 Å². The second-order valence-electron chi connectivity index (χ2n) is 8.34. The highest BCUT2D eigenvalue weighted by Crippen LogP contribution is 2.30. The van der Waals surface area contributed by atoms with Crippen molar-refractivity contribution in [2.24, 2.45) is 5.92 Å². The van der Waals surface area contributed by atoms with E-state index in [4.69, 9.17) is 9.15 Å². The second kappa shape index (κ2) is 8.57. The number of hydrogen-bond acceptors (Lipinski definition) is 5. The van der Waals surface area contributed by atoms with Crippen LogP contribution < -0.4 is 15.7 Å². The number of ether oxygens (including phenoxy) is 1. The first-order valence-electron chi connectivity index (χ1n) is 10.7. The lowest BCUT2D eigenvalue weighted by Crippen LogP contribution is -2.51. The van der Waals surface area contributed by atoms with Crippen LogP contribution in [0.4, 0.5) is 0 Å². The molecule has 2 aromatic rings. The maximum absolute atomic E-state index is 12.6. The van der Waals surface area contributed by atoms with Crippen molar-refractivity contribution in [2.45, 2.75) is 51.5 Å². The van der Waals surface area contributed by atoms with E-state index in [2.05, 4.69) is 10.2 Å². The molecule has 29 heavy (non-hydrogen) atoms. The van der Waals surface area contributed by atoms with Crippen LogP contribution in [0, 0.1) is 12.8 Å². The lowest BCUT2D eigenvalue weighted by atomic mass is 9.83.